The first-order chi connectivity index (χ1) is 14.4. The maximum absolute atomic E-state index is 13.0. The molecule has 0 aliphatic carbocycles. The van der Waals surface area contributed by atoms with Crippen LogP contribution in [0.2, 0.25) is 5.02 Å². The highest BCUT2D eigenvalue weighted by molar-refractivity contribution is 9.10. The van der Waals surface area contributed by atoms with Crippen molar-refractivity contribution in [1.29, 1.82) is 0 Å². The molecule has 0 saturated heterocycles. The molecular weight excluding hydrogens is 484 g/mol. The minimum absolute atomic E-state index is 0.0490. The fraction of sp³-hybridized carbons (Fsp3) is 0.391. The molecule has 1 unspecified atom stereocenters. The number of hydrogen-bond donors (Lipinski definition) is 1. The van der Waals surface area contributed by atoms with E-state index < -0.39 is 6.04 Å². The normalized spacial score (nSPS) is 11.7. The van der Waals surface area contributed by atoms with Gasteiger partial charge in [-0.15, -0.1) is 11.8 Å². The van der Waals surface area contributed by atoms with E-state index in [-0.39, 0.29) is 11.8 Å². The second-order valence-corrected chi connectivity index (χ2v) is 9.43. The number of nitrogens with zero attached hydrogens (tertiary/aromatic N) is 1. The Hall–Kier alpha value is -1.50. The molecule has 0 fully saturated rings. The molecule has 0 heterocycles. The number of rotatable bonds is 11. The van der Waals surface area contributed by atoms with Crippen molar-refractivity contribution in [2.75, 3.05) is 12.3 Å². The largest absolute Gasteiger partial charge is 0.354 e. The molecule has 2 amide bonds. The molecule has 0 bridgehead atoms. The Kier molecular flexibility index (Phi) is 10.8. The Morgan fingerprint density at radius 3 is 2.57 bits per heavy atom. The van der Waals surface area contributed by atoms with Crippen molar-refractivity contribution < 1.29 is 9.59 Å². The third-order valence-corrected chi connectivity index (χ3v) is 6.38. The second kappa shape index (κ2) is 13.0. The Bertz CT molecular complexity index is 832. The van der Waals surface area contributed by atoms with E-state index in [1.165, 1.54) is 11.8 Å². The lowest BCUT2D eigenvalue weighted by Crippen LogP contribution is -2.48. The Balaban J connectivity index is 2.03. The average Bonchev–Trinajstić information content (AvgIpc) is 2.73. The summed E-state index contributed by atoms with van der Waals surface area (Å²) >= 11 is 10.9. The summed E-state index contributed by atoms with van der Waals surface area (Å²) in [7, 11) is 0. The molecule has 0 aliphatic heterocycles. The maximum Gasteiger partial charge on any atom is 0.242 e. The van der Waals surface area contributed by atoms with E-state index in [1.54, 1.807) is 11.8 Å². The van der Waals surface area contributed by atoms with Crippen LogP contribution in [-0.2, 0) is 21.9 Å². The molecule has 0 saturated carbocycles. The zero-order valence-corrected chi connectivity index (χ0v) is 20.5. The molecule has 7 heteroatoms. The third kappa shape index (κ3) is 8.32. The topological polar surface area (TPSA) is 49.4 Å². The van der Waals surface area contributed by atoms with Gasteiger partial charge in [-0.2, -0.15) is 0 Å². The molecule has 2 aromatic rings. The summed E-state index contributed by atoms with van der Waals surface area (Å²) in [6.45, 7) is 4.89. The van der Waals surface area contributed by atoms with Gasteiger partial charge in [-0.1, -0.05) is 65.1 Å². The minimum Gasteiger partial charge on any atom is -0.354 e. The number of hydrogen-bond acceptors (Lipinski definition) is 3. The van der Waals surface area contributed by atoms with Gasteiger partial charge in [-0.3, -0.25) is 9.59 Å². The monoisotopic (exact) mass is 510 g/mol. The van der Waals surface area contributed by atoms with E-state index in [1.807, 2.05) is 48.5 Å². The minimum atomic E-state index is -0.538. The van der Waals surface area contributed by atoms with Gasteiger partial charge in [0.2, 0.25) is 11.8 Å². The molecular formula is C23H28BrClN2O2S. The highest BCUT2D eigenvalue weighted by Gasteiger charge is 2.25. The molecule has 1 N–H and O–H groups in total. The van der Waals surface area contributed by atoms with Gasteiger partial charge < -0.3 is 10.2 Å². The predicted molar refractivity (Wildman–Crippen MR) is 130 cm³/mol. The zero-order valence-electron chi connectivity index (χ0n) is 17.4. The molecule has 0 aromatic heterocycles. The lowest BCUT2D eigenvalue weighted by Gasteiger charge is -2.29. The number of carbonyl (C=O) groups is 2. The van der Waals surface area contributed by atoms with Gasteiger partial charge in [-0.25, -0.2) is 0 Å². The Labute approximate surface area is 196 Å². The first kappa shape index (κ1) is 24.8. The number of thioether (sulfide) groups is 1. The third-order valence-electron chi connectivity index (χ3n) is 4.65. The summed E-state index contributed by atoms with van der Waals surface area (Å²) in [5, 5.41) is 3.64. The number of unbranched alkanes of at least 4 members (excludes halogenated alkanes) is 1. The Morgan fingerprint density at radius 1 is 1.17 bits per heavy atom. The van der Waals surface area contributed by atoms with Crippen molar-refractivity contribution in [2.24, 2.45) is 0 Å². The van der Waals surface area contributed by atoms with E-state index in [0.717, 1.165) is 28.4 Å². The molecule has 4 nitrogen and oxygen atoms in total. The van der Waals surface area contributed by atoms with Crippen LogP contribution in [-0.4, -0.2) is 35.1 Å². The number of halogens is 2. The molecule has 2 aromatic carbocycles. The summed E-state index contributed by atoms with van der Waals surface area (Å²) < 4.78 is 0.949. The van der Waals surface area contributed by atoms with E-state index >= 15 is 0 Å². The van der Waals surface area contributed by atoms with Crippen molar-refractivity contribution in [1.82, 2.24) is 10.2 Å². The van der Waals surface area contributed by atoms with Gasteiger partial charge in [0.15, 0.2) is 0 Å². The number of amides is 2. The lowest BCUT2D eigenvalue weighted by molar-refractivity contribution is -0.138. The fourth-order valence-corrected chi connectivity index (χ4v) is 4.31. The van der Waals surface area contributed by atoms with Crippen LogP contribution in [0.4, 0.5) is 0 Å². The standard InChI is InChI=1S/C23H28BrClN2O2S/c1-3-4-12-26-23(29)17(2)27(14-19-6-5-7-20(24)13-19)22(28)16-30-15-18-8-10-21(25)11-9-18/h5-11,13,17H,3-4,12,14-16H2,1-2H3,(H,26,29). The highest BCUT2D eigenvalue weighted by atomic mass is 79.9. The van der Waals surface area contributed by atoms with Crippen LogP contribution in [0.3, 0.4) is 0 Å². The van der Waals surface area contributed by atoms with Crippen LogP contribution in [0.25, 0.3) is 0 Å². The van der Waals surface area contributed by atoms with E-state index in [9.17, 15) is 9.59 Å². The number of carbonyl (C=O) groups excluding carboxylic acids is 2. The summed E-state index contributed by atoms with van der Waals surface area (Å²) in [5.74, 6) is 0.857. The van der Waals surface area contributed by atoms with Crippen LogP contribution in [0.1, 0.15) is 37.8 Å². The molecule has 0 aliphatic rings. The van der Waals surface area contributed by atoms with Crippen LogP contribution in [0.15, 0.2) is 53.0 Å². The molecule has 0 radical (unpaired) electrons. The first-order valence-corrected chi connectivity index (χ1v) is 12.4. The van der Waals surface area contributed by atoms with Gasteiger partial charge in [0, 0.05) is 28.3 Å². The first-order valence-electron chi connectivity index (χ1n) is 10.0. The van der Waals surface area contributed by atoms with Crippen molar-refractivity contribution >= 4 is 51.1 Å². The van der Waals surface area contributed by atoms with Crippen molar-refractivity contribution in [3.63, 3.8) is 0 Å². The van der Waals surface area contributed by atoms with Crippen molar-refractivity contribution in [3.05, 3.63) is 69.2 Å². The lowest BCUT2D eigenvalue weighted by atomic mass is 10.1. The van der Waals surface area contributed by atoms with E-state index in [0.29, 0.717) is 29.6 Å². The summed E-state index contributed by atoms with van der Waals surface area (Å²) in [4.78, 5) is 27.3. The van der Waals surface area contributed by atoms with Crippen LogP contribution >= 0.6 is 39.3 Å². The zero-order chi connectivity index (χ0) is 21.9. The van der Waals surface area contributed by atoms with Crippen molar-refractivity contribution in [2.45, 2.75) is 45.0 Å². The summed E-state index contributed by atoms with van der Waals surface area (Å²) in [6, 6.07) is 14.9. The maximum atomic E-state index is 13.0. The van der Waals surface area contributed by atoms with Gasteiger partial charge >= 0.3 is 0 Å². The quantitative estimate of drug-likeness (QED) is 0.396. The van der Waals surface area contributed by atoms with Gasteiger partial charge in [-0.05, 0) is 48.7 Å². The average molecular weight is 512 g/mol. The van der Waals surface area contributed by atoms with Gasteiger partial charge in [0.05, 0.1) is 5.75 Å². The van der Waals surface area contributed by atoms with Crippen LogP contribution in [0.5, 0.6) is 0 Å². The van der Waals surface area contributed by atoms with Crippen molar-refractivity contribution in [3.8, 4) is 0 Å². The molecule has 0 spiro atoms. The molecule has 30 heavy (non-hydrogen) atoms. The van der Waals surface area contributed by atoms with Crippen LogP contribution < -0.4 is 5.32 Å². The fourth-order valence-electron chi connectivity index (χ4n) is 2.87. The number of nitrogens with one attached hydrogen (secondary N) is 1. The SMILES string of the molecule is CCCCNC(=O)C(C)N(Cc1cccc(Br)c1)C(=O)CSCc1ccc(Cl)cc1. The number of benzene rings is 2. The summed E-state index contributed by atoms with van der Waals surface area (Å²) in [5.41, 5.74) is 2.09. The Morgan fingerprint density at radius 2 is 1.90 bits per heavy atom. The van der Waals surface area contributed by atoms with Gasteiger partial charge in [0.25, 0.3) is 0 Å². The van der Waals surface area contributed by atoms with Crippen LogP contribution in [0, 0.1) is 0 Å². The molecule has 1 atom stereocenters. The molecule has 162 valence electrons. The van der Waals surface area contributed by atoms with Gasteiger partial charge in [0.1, 0.15) is 6.04 Å². The summed E-state index contributed by atoms with van der Waals surface area (Å²) in [6.07, 6.45) is 1.94. The highest BCUT2D eigenvalue weighted by Crippen LogP contribution is 2.19. The second-order valence-electron chi connectivity index (χ2n) is 7.09. The smallest absolute Gasteiger partial charge is 0.242 e. The predicted octanol–water partition coefficient (Wildman–Crippen LogP) is 5.67. The van der Waals surface area contributed by atoms with E-state index in [4.69, 9.17) is 11.6 Å². The molecule has 2 rings (SSSR count). The van der Waals surface area contributed by atoms with E-state index in [2.05, 4.69) is 28.2 Å².